The van der Waals surface area contributed by atoms with Crippen molar-refractivity contribution >= 4 is 5.91 Å². The number of aliphatic hydroxyl groups excluding tert-OH is 2. The van der Waals surface area contributed by atoms with Crippen LogP contribution in [0.4, 0.5) is 0 Å². The minimum absolute atomic E-state index is 0.0872. The SMILES string of the molecule is CCCCCCCCC/C=C\CCCCCCCC(=O)NC(CO)C(O)/C=C/CC/C=C/CC/C=C/CCCCCCCCCCCCCC. The molecule has 2 atom stereocenters. The highest BCUT2D eigenvalue weighted by Gasteiger charge is 2.17. The average molecular weight is 700 g/mol. The average Bonchev–Trinajstić information content (AvgIpc) is 3.12. The number of unbranched alkanes of at least 4 members (excludes halogenated alkanes) is 26. The van der Waals surface area contributed by atoms with E-state index < -0.39 is 12.1 Å². The lowest BCUT2D eigenvalue weighted by atomic mass is 10.0. The molecule has 0 aliphatic rings. The number of allylic oxidation sites excluding steroid dienone is 7. The molecule has 292 valence electrons. The van der Waals surface area contributed by atoms with E-state index in [0.717, 1.165) is 51.4 Å². The van der Waals surface area contributed by atoms with Crippen molar-refractivity contribution in [1.82, 2.24) is 5.32 Å². The van der Waals surface area contributed by atoms with E-state index in [1.165, 1.54) is 148 Å². The summed E-state index contributed by atoms with van der Waals surface area (Å²) in [7, 11) is 0. The Bertz CT molecular complexity index is 801. The van der Waals surface area contributed by atoms with Crippen molar-refractivity contribution in [2.24, 2.45) is 0 Å². The van der Waals surface area contributed by atoms with Gasteiger partial charge in [-0.15, -0.1) is 0 Å². The number of rotatable bonds is 39. The maximum absolute atomic E-state index is 12.4. The molecular weight excluding hydrogens is 615 g/mol. The van der Waals surface area contributed by atoms with Crippen molar-refractivity contribution in [3.63, 3.8) is 0 Å². The summed E-state index contributed by atoms with van der Waals surface area (Å²) in [5, 5.41) is 23.0. The van der Waals surface area contributed by atoms with Crippen molar-refractivity contribution in [1.29, 1.82) is 0 Å². The van der Waals surface area contributed by atoms with Crippen LogP contribution in [0.15, 0.2) is 48.6 Å². The smallest absolute Gasteiger partial charge is 0.220 e. The monoisotopic (exact) mass is 700 g/mol. The number of amides is 1. The summed E-state index contributed by atoms with van der Waals surface area (Å²) in [6, 6.07) is -0.649. The molecule has 0 aliphatic carbocycles. The highest BCUT2D eigenvalue weighted by molar-refractivity contribution is 5.76. The molecule has 1 amide bonds. The highest BCUT2D eigenvalue weighted by atomic mass is 16.3. The molecule has 0 spiro atoms. The number of aliphatic hydroxyl groups is 2. The molecule has 0 aromatic rings. The van der Waals surface area contributed by atoms with E-state index >= 15 is 0 Å². The molecule has 0 aromatic carbocycles. The van der Waals surface area contributed by atoms with Gasteiger partial charge in [0.2, 0.25) is 5.91 Å². The molecule has 50 heavy (non-hydrogen) atoms. The Hall–Kier alpha value is -1.65. The van der Waals surface area contributed by atoms with E-state index in [1.54, 1.807) is 6.08 Å². The quantitative estimate of drug-likeness (QED) is 0.0442. The van der Waals surface area contributed by atoms with Crippen LogP contribution in [0.25, 0.3) is 0 Å². The standard InChI is InChI=1S/C46H85NO3/c1-3-5-7-9-11-13-15-17-19-21-22-23-24-25-26-27-29-31-33-35-37-39-41-45(49)44(43-48)47-46(50)42-40-38-36-34-32-30-28-20-18-16-14-12-10-8-6-4-2/h20,25-26,28,31,33,39,41,44-45,48-49H,3-19,21-24,27,29-30,32,34-38,40,42-43H2,1-2H3,(H,47,50)/b26-25+,28-20-,33-31+,41-39+. The van der Waals surface area contributed by atoms with Crippen molar-refractivity contribution in [2.75, 3.05) is 6.61 Å². The molecule has 0 radical (unpaired) electrons. The lowest BCUT2D eigenvalue weighted by molar-refractivity contribution is -0.123. The van der Waals surface area contributed by atoms with Crippen molar-refractivity contribution in [2.45, 2.75) is 231 Å². The van der Waals surface area contributed by atoms with Gasteiger partial charge in [0.25, 0.3) is 0 Å². The van der Waals surface area contributed by atoms with Crippen molar-refractivity contribution < 1.29 is 15.0 Å². The predicted octanol–water partition coefficient (Wildman–Crippen LogP) is 13.6. The minimum Gasteiger partial charge on any atom is -0.394 e. The zero-order valence-electron chi connectivity index (χ0n) is 33.4. The number of hydrogen-bond donors (Lipinski definition) is 3. The summed E-state index contributed by atoms with van der Waals surface area (Å²) < 4.78 is 0. The van der Waals surface area contributed by atoms with Crippen molar-refractivity contribution in [3.05, 3.63) is 48.6 Å². The third kappa shape index (κ3) is 37.6. The predicted molar refractivity (Wildman–Crippen MR) is 221 cm³/mol. The molecule has 4 nitrogen and oxygen atoms in total. The van der Waals surface area contributed by atoms with E-state index in [0.29, 0.717) is 6.42 Å². The first kappa shape index (κ1) is 48.3. The summed E-state index contributed by atoms with van der Waals surface area (Å²) in [4.78, 5) is 12.4. The van der Waals surface area contributed by atoms with Crippen LogP contribution in [-0.4, -0.2) is 34.9 Å². The highest BCUT2D eigenvalue weighted by Crippen LogP contribution is 2.14. The van der Waals surface area contributed by atoms with Crippen LogP contribution >= 0.6 is 0 Å². The van der Waals surface area contributed by atoms with Crippen LogP contribution in [0, 0.1) is 0 Å². The zero-order valence-corrected chi connectivity index (χ0v) is 33.4. The Morgan fingerprint density at radius 3 is 1.16 bits per heavy atom. The first-order valence-electron chi connectivity index (χ1n) is 21.9. The van der Waals surface area contributed by atoms with Crippen LogP contribution < -0.4 is 5.32 Å². The fourth-order valence-corrected chi connectivity index (χ4v) is 6.38. The third-order valence-electron chi connectivity index (χ3n) is 9.76. The lowest BCUT2D eigenvalue weighted by Crippen LogP contribution is -2.45. The Kier molecular flexibility index (Phi) is 40.4. The largest absolute Gasteiger partial charge is 0.394 e. The van der Waals surface area contributed by atoms with Crippen molar-refractivity contribution in [3.8, 4) is 0 Å². The molecule has 0 saturated heterocycles. The molecule has 3 N–H and O–H groups in total. The van der Waals surface area contributed by atoms with Gasteiger partial charge in [0, 0.05) is 6.42 Å². The molecule has 0 rings (SSSR count). The normalized spacial score (nSPS) is 13.4. The summed E-state index contributed by atoms with van der Waals surface area (Å²) >= 11 is 0. The van der Waals surface area contributed by atoms with E-state index in [2.05, 4.69) is 55.6 Å². The molecule has 0 bridgehead atoms. The fourth-order valence-electron chi connectivity index (χ4n) is 6.38. The van der Waals surface area contributed by atoms with Gasteiger partial charge in [0.1, 0.15) is 0 Å². The van der Waals surface area contributed by atoms with Gasteiger partial charge in [-0.3, -0.25) is 4.79 Å². The van der Waals surface area contributed by atoms with Crippen LogP contribution in [0.5, 0.6) is 0 Å². The minimum atomic E-state index is -0.873. The van der Waals surface area contributed by atoms with Gasteiger partial charge < -0.3 is 15.5 Å². The van der Waals surface area contributed by atoms with Crippen LogP contribution in [-0.2, 0) is 4.79 Å². The zero-order chi connectivity index (χ0) is 36.4. The van der Waals surface area contributed by atoms with Gasteiger partial charge in [-0.25, -0.2) is 0 Å². The van der Waals surface area contributed by atoms with Crippen LogP contribution in [0.1, 0.15) is 219 Å². The molecule has 0 saturated carbocycles. The van der Waals surface area contributed by atoms with Gasteiger partial charge in [-0.2, -0.15) is 0 Å². The van der Waals surface area contributed by atoms with Gasteiger partial charge in [0.15, 0.2) is 0 Å². The first-order valence-corrected chi connectivity index (χ1v) is 21.9. The number of carbonyl (C=O) groups excluding carboxylic acids is 1. The fraction of sp³-hybridized carbons (Fsp3) is 0.804. The molecule has 2 unspecified atom stereocenters. The maximum Gasteiger partial charge on any atom is 0.220 e. The number of nitrogens with one attached hydrogen (secondary N) is 1. The second-order valence-electron chi connectivity index (χ2n) is 14.7. The summed E-state index contributed by atoms with van der Waals surface area (Å²) in [5.41, 5.74) is 0. The number of hydrogen-bond acceptors (Lipinski definition) is 3. The summed E-state index contributed by atoms with van der Waals surface area (Å²) in [6.07, 6.45) is 56.5. The van der Waals surface area contributed by atoms with Gasteiger partial charge in [-0.1, -0.05) is 191 Å². The Morgan fingerprint density at radius 2 is 0.780 bits per heavy atom. The summed E-state index contributed by atoms with van der Waals surface area (Å²) in [5.74, 6) is -0.0872. The molecule has 0 aliphatic heterocycles. The van der Waals surface area contributed by atoms with E-state index in [-0.39, 0.29) is 12.5 Å². The second kappa shape index (κ2) is 41.8. The summed E-state index contributed by atoms with van der Waals surface area (Å²) in [6.45, 7) is 4.29. The van der Waals surface area contributed by atoms with Gasteiger partial charge in [0.05, 0.1) is 18.8 Å². The van der Waals surface area contributed by atoms with Gasteiger partial charge >= 0.3 is 0 Å². The van der Waals surface area contributed by atoms with E-state index in [4.69, 9.17) is 0 Å². The molecular formula is C46H85NO3. The Morgan fingerprint density at radius 1 is 0.460 bits per heavy atom. The Labute approximate surface area is 312 Å². The maximum atomic E-state index is 12.4. The molecule has 0 heterocycles. The van der Waals surface area contributed by atoms with Gasteiger partial charge in [-0.05, 0) is 70.6 Å². The van der Waals surface area contributed by atoms with E-state index in [9.17, 15) is 15.0 Å². The lowest BCUT2D eigenvalue weighted by Gasteiger charge is -2.19. The number of carbonyl (C=O) groups is 1. The van der Waals surface area contributed by atoms with Crippen LogP contribution in [0.3, 0.4) is 0 Å². The van der Waals surface area contributed by atoms with Crippen LogP contribution in [0.2, 0.25) is 0 Å². The van der Waals surface area contributed by atoms with E-state index in [1.807, 2.05) is 6.08 Å². The first-order chi connectivity index (χ1) is 24.7. The molecule has 0 aromatic heterocycles. The third-order valence-corrected chi connectivity index (χ3v) is 9.76. The molecule has 4 heteroatoms. The Balaban J connectivity index is 3.66. The second-order valence-corrected chi connectivity index (χ2v) is 14.7. The molecule has 0 fully saturated rings. The topological polar surface area (TPSA) is 69.6 Å².